The normalized spacial score (nSPS) is 20.8. The number of carbonyl (C=O) groups is 1. The van der Waals surface area contributed by atoms with Gasteiger partial charge in [0.15, 0.2) is 0 Å². The molecule has 0 bridgehead atoms. The molecule has 2 saturated heterocycles. The van der Waals surface area contributed by atoms with Crippen LogP contribution >= 0.6 is 23.2 Å². The molecule has 0 radical (unpaired) electrons. The Labute approximate surface area is 128 Å². The average Bonchev–Trinajstić information content (AvgIpc) is 2.37. The third-order valence-electron chi connectivity index (χ3n) is 3.93. The molecular weight excluding hydrogens is 297 g/mol. The molecule has 3 rings (SSSR count). The van der Waals surface area contributed by atoms with Gasteiger partial charge in [0, 0.05) is 60.9 Å². The van der Waals surface area contributed by atoms with E-state index in [-0.39, 0.29) is 5.91 Å². The molecule has 0 saturated carbocycles. The standard InChI is InChI=1S/C14H17Cl2N3O/c15-11-5-10(6-12(16)7-11)14(20)19-8-13(9-19)18-3-1-17-2-4-18/h5-7,13,17H,1-4,8-9H2. The Balaban J connectivity index is 1.60. The number of rotatable bonds is 2. The predicted octanol–water partition coefficient (Wildman–Crippen LogP) is 1.72. The van der Waals surface area contributed by atoms with Crippen LogP contribution in [-0.4, -0.2) is 61.0 Å². The molecule has 0 atom stereocenters. The summed E-state index contributed by atoms with van der Waals surface area (Å²) in [7, 11) is 0. The number of carbonyl (C=O) groups excluding carboxylic acids is 1. The highest BCUT2D eigenvalue weighted by molar-refractivity contribution is 6.35. The number of hydrogen-bond acceptors (Lipinski definition) is 3. The Morgan fingerprint density at radius 3 is 2.30 bits per heavy atom. The fraction of sp³-hybridized carbons (Fsp3) is 0.500. The minimum Gasteiger partial charge on any atom is -0.335 e. The van der Waals surface area contributed by atoms with Gasteiger partial charge in [-0.05, 0) is 18.2 Å². The van der Waals surface area contributed by atoms with Gasteiger partial charge in [-0.25, -0.2) is 0 Å². The second-order valence-electron chi connectivity index (χ2n) is 5.31. The van der Waals surface area contributed by atoms with Crippen LogP contribution in [0.25, 0.3) is 0 Å². The van der Waals surface area contributed by atoms with E-state index in [9.17, 15) is 4.79 Å². The number of likely N-dealkylation sites (tertiary alicyclic amines) is 1. The SMILES string of the molecule is O=C(c1cc(Cl)cc(Cl)c1)N1CC(N2CCNCC2)C1. The topological polar surface area (TPSA) is 35.6 Å². The Morgan fingerprint density at radius 2 is 1.70 bits per heavy atom. The van der Waals surface area contributed by atoms with E-state index >= 15 is 0 Å². The van der Waals surface area contributed by atoms with Gasteiger partial charge in [0.2, 0.25) is 0 Å². The van der Waals surface area contributed by atoms with Crippen LogP contribution in [-0.2, 0) is 0 Å². The van der Waals surface area contributed by atoms with E-state index in [1.54, 1.807) is 18.2 Å². The summed E-state index contributed by atoms with van der Waals surface area (Å²) in [5, 5.41) is 4.34. The Hall–Kier alpha value is -0.810. The number of nitrogens with one attached hydrogen (secondary N) is 1. The lowest BCUT2D eigenvalue weighted by Crippen LogP contribution is -2.63. The van der Waals surface area contributed by atoms with Crippen LogP contribution in [0, 0.1) is 0 Å². The number of benzene rings is 1. The van der Waals surface area contributed by atoms with Crippen LogP contribution < -0.4 is 5.32 Å². The lowest BCUT2D eigenvalue weighted by molar-refractivity contribution is 0.0227. The first-order chi connectivity index (χ1) is 9.63. The quantitative estimate of drug-likeness (QED) is 0.903. The number of nitrogens with zero attached hydrogens (tertiary/aromatic N) is 2. The second-order valence-corrected chi connectivity index (χ2v) is 6.18. The maximum absolute atomic E-state index is 12.3. The van der Waals surface area contributed by atoms with Gasteiger partial charge in [0.1, 0.15) is 0 Å². The van der Waals surface area contributed by atoms with Gasteiger partial charge < -0.3 is 10.2 Å². The number of halogens is 2. The van der Waals surface area contributed by atoms with Crippen molar-refractivity contribution < 1.29 is 4.79 Å². The van der Waals surface area contributed by atoms with Gasteiger partial charge in [-0.3, -0.25) is 9.69 Å². The zero-order valence-electron chi connectivity index (χ0n) is 11.1. The molecule has 1 amide bonds. The summed E-state index contributed by atoms with van der Waals surface area (Å²) < 4.78 is 0. The van der Waals surface area contributed by atoms with Gasteiger partial charge in [-0.1, -0.05) is 23.2 Å². The highest BCUT2D eigenvalue weighted by atomic mass is 35.5. The predicted molar refractivity (Wildman–Crippen MR) is 80.6 cm³/mol. The van der Waals surface area contributed by atoms with E-state index in [1.165, 1.54) is 0 Å². The van der Waals surface area contributed by atoms with Crippen molar-refractivity contribution in [1.29, 1.82) is 0 Å². The summed E-state index contributed by atoms with van der Waals surface area (Å²) in [6.45, 7) is 5.79. The summed E-state index contributed by atoms with van der Waals surface area (Å²) in [4.78, 5) is 16.6. The van der Waals surface area contributed by atoms with Crippen LogP contribution in [0.5, 0.6) is 0 Å². The van der Waals surface area contributed by atoms with Crippen LogP contribution in [0.4, 0.5) is 0 Å². The summed E-state index contributed by atoms with van der Waals surface area (Å²) in [5.41, 5.74) is 0.571. The zero-order valence-corrected chi connectivity index (χ0v) is 12.6. The molecule has 108 valence electrons. The van der Waals surface area contributed by atoms with Gasteiger partial charge in [-0.15, -0.1) is 0 Å². The van der Waals surface area contributed by atoms with E-state index in [0.29, 0.717) is 21.7 Å². The highest BCUT2D eigenvalue weighted by Crippen LogP contribution is 2.23. The number of amides is 1. The van der Waals surface area contributed by atoms with Gasteiger partial charge in [0.25, 0.3) is 5.91 Å². The van der Waals surface area contributed by atoms with Crippen molar-refractivity contribution >= 4 is 29.1 Å². The molecule has 1 aromatic carbocycles. The van der Waals surface area contributed by atoms with Crippen LogP contribution in [0.15, 0.2) is 18.2 Å². The molecule has 6 heteroatoms. The smallest absolute Gasteiger partial charge is 0.254 e. The first-order valence-corrected chi connectivity index (χ1v) is 7.59. The third kappa shape index (κ3) is 2.93. The molecule has 1 N–H and O–H groups in total. The Bertz CT molecular complexity index is 491. The molecule has 4 nitrogen and oxygen atoms in total. The van der Waals surface area contributed by atoms with Crippen molar-refractivity contribution in [3.05, 3.63) is 33.8 Å². The molecule has 2 heterocycles. The van der Waals surface area contributed by atoms with Gasteiger partial charge >= 0.3 is 0 Å². The van der Waals surface area contributed by atoms with Crippen molar-refractivity contribution in [3.8, 4) is 0 Å². The van der Waals surface area contributed by atoms with E-state index in [2.05, 4.69) is 10.2 Å². The monoisotopic (exact) mass is 313 g/mol. The summed E-state index contributed by atoms with van der Waals surface area (Å²) >= 11 is 11.9. The number of piperazine rings is 1. The second kappa shape index (κ2) is 5.90. The van der Waals surface area contributed by atoms with Crippen molar-refractivity contribution in [2.75, 3.05) is 39.3 Å². The number of hydrogen-bond donors (Lipinski definition) is 1. The van der Waals surface area contributed by atoms with Crippen LogP contribution in [0.3, 0.4) is 0 Å². The molecule has 0 aliphatic carbocycles. The molecule has 0 spiro atoms. The lowest BCUT2D eigenvalue weighted by atomic mass is 10.0. The molecule has 20 heavy (non-hydrogen) atoms. The summed E-state index contributed by atoms with van der Waals surface area (Å²) in [5.74, 6) is 0.0146. The van der Waals surface area contributed by atoms with E-state index < -0.39 is 0 Å². The highest BCUT2D eigenvalue weighted by Gasteiger charge is 2.35. The zero-order chi connectivity index (χ0) is 14.1. The maximum atomic E-state index is 12.3. The molecule has 2 aliphatic rings. The van der Waals surface area contributed by atoms with Crippen molar-refractivity contribution in [3.63, 3.8) is 0 Å². The molecule has 1 aromatic rings. The molecule has 2 aliphatic heterocycles. The lowest BCUT2D eigenvalue weighted by Gasteiger charge is -2.46. The van der Waals surface area contributed by atoms with E-state index in [4.69, 9.17) is 23.2 Å². The molecular formula is C14H17Cl2N3O. The Morgan fingerprint density at radius 1 is 1.10 bits per heavy atom. The largest absolute Gasteiger partial charge is 0.335 e. The summed E-state index contributed by atoms with van der Waals surface area (Å²) in [6, 6.07) is 5.48. The third-order valence-corrected chi connectivity index (χ3v) is 4.36. The fourth-order valence-electron chi connectivity index (χ4n) is 2.76. The molecule has 2 fully saturated rings. The minimum atomic E-state index is 0.0146. The first kappa shape index (κ1) is 14.1. The first-order valence-electron chi connectivity index (χ1n) is 6.83. The minimum absolute atomic E-state index is 0.0146. The van der Waals surface area contributed by atoms with Gasteiger partial charge in [0.05, 0.1) is 0 Å². The Kier molecular flexibility index (Phi) is 4.17. The van der Waals surface area contributed by atoms with Crippen LogP contribution in [0.1, 0.15) is 10.4 Å². The summed E-state index contributed by atoms with van der Waals surface area (Å²) in [6.07, 6.45) is 0. The molecule has 0 aromatic heterocycles. The average molecular weight is 314 g/mol. The fourth-order valence-corrected chi connectivity index (χ4v) is 3.29. The van der Waals surface area contributed by atoms with Crippen LogP contribution in [0.2, 0.25) is 10.0 Å². The molecule has 0 unspecified atom stereocenters. The van der Waals surface area contributed by atoms with Crippen molar-refractivity contribution in [2.45, 2.75) is 6.04 Å². The van der Waals surface area contributed by atoms with Crippen molar-refractivity contribution in [2.24, 2.45) is 0 Å². The van der Waals surface area contributed by atoms with E-state index in [1.807, 2.05) is 4.90 Å². The van der Waals surface area contributed by atoms with Gasteiger partial charge in [-0.2, -0.15) is 0 Å². The van der Waals surface area contributed by atoms with Crippen molar-refractivity contribution in [1.82, 2.24) is 15.1 Å². The maximum Gasteiger partial charge on any atom is 0.254 e. The van der Waals surface area contributed by atoms with E-state index in [0.717, 1.165) is 39.3 Å².